The monoisotopic (exact) mass is 286 g/mol. The number of rotatable bonds is 6. The molecule has 4 heteroatoms. The van der Waals surface area contributed by atoms with Crippen LogP contribution in [0, 0.1) is 0 Å². The standard InChI is InChI=1S/C17H22N2O2/c1-5-13(12(2)3)8-11-16-18-19-17(21-16)14-6-9-15(20-4)10-7-14/h6-7,9-10H,5,8,11H2,1-4H3. The van der Waals surface area contributed by atoms with Gasteiger partial charge in [0.25, 0.3) is 0 Å². The Bertz CT molecular complexity index is 608. The predicted molar refractivity (Wildman–Crippen MR) is 83.3 cm³/mol. The first-order valence-electron chi connectivity index (χ1n) is 7.26. The van der Waals surface area contributed by atoms with E-state index in [2.05, 4.69) is 31.0 Å². The lowest BCUT2D eigenvalue weighted by molar-refractivity contribution is 0.415. The number of benzene rings is 1. The fourth-order valence-corrected chi connectivity index (χ4v) is 2.24. The molecule has 0 unspecified atom stereocenters. The van der Waals surface area contributed by atoms with Crippen molar-refractivity contribution in [3.05, 3.63) is 41.3 Å². The van der Waals surface area contributed by atoms with E-state index in [-0.39, 0.29) is 0 Å². The first kappa shape index (κ1) is 15.3. The summed E-state index contributed by atoms with van der Waals surface area (Å²) in [5.41, 5.74) is 3.75. The molecular weight excluding hydrogens is 264 g/mol. The average Bonchev–Trinajstić information content (AvgIpc) is 2.96. The molecule has 1 heterocycles. The molecule has 0 aliphatic carbocycles. The highest BCUT2D eigenvalue weighted by Gasteiger charge is 2.09. The number of aromatic nitrogens is 2. The van der Waals surface area contributed by atoms with E-state index in [0.717, 1.165) is 30.6 Å². The first-order valence-corrected chi connectivity index (χ1v) is 7.26. The molecule has 21 heavy (non-hydrogen) atoms. The second-order valence-corrected chi connectivity index (χ2v) is 5.19. The Kier molecular flexibility index (Phi) is 5.14. The minimum absolute atomic E-state index is 0.558. The van der Waals surface area contributed by atoms with Gasteiger partial charge in [0, 0.05) is 12.0 Å². The Balaban J connectivity index is 2.05. The molecule has 0 saturated heterocycles. The molecule has 0 radical (unpaired) electrons. The summed E-state index contributed by atoms with van der Waals surface area (Å²) in [6.07, 6.45) is 2.84. The summed E-state index contributed by atoms with van der Waals surface area (Å²) in [6.45, 7) is 6.48. The van der Waals surface area contributed by atoms with Crippen molar-refractivity contribution in [2.24, 2.45) is 0 Å². The fourth-order valence-electron chi connectivity index (χ4n) is 2.24. The van der Waals surface area contributed by atoms with Gasteiger partial charge in [0.15, 0.2) is 0 Å². The lowest BCUT2D eigenvalue weighted by Gasteiger charge is -2.04. The molecule has 2 rings (SSSR count). The second-order valence-electron chi connectivity index (χ2n) is 5.19. The molecule has 4 nitrogen and oxygen atoms in total. The van der Waals surface area contributed by atoms with E-state index < -0.39 is 0 Å². The zero-order valence-electron chi connectivity index (χ0n) is 13.1. The van der Waals surface area contributed by atoms with Gasteiger partial charge >= 0.3 is 0 Å². The quantitative estimate of drug-likeness (QED) is 0.737. The van der Waals surface area contributed by atoms with Crippen LogP contribution >= 0.6 is 0 Å². The van der Waals surface area contributed by atoms with Gasteiger partial charge in [0.2, 0.25) is 11.8 Å². The molecule has 0 atom stereocenters. The molecule has 1 aromatic heterocycles. The van der Waals surface area contributed by atoms with Crippen LogP contribution in [-0.2, 0) is 6.42 Å². The van der Waals surface area contributed by atoms with Crippen molar-refractivity contribution >= 4 is 0 Å². The third kappa shape index (κ3) is 3.94. The normalized spacial score (nSPS) is 10.5. The van der Waals surface area contributed by atoms with Gasteiger partial charge in [-0.25, -0.2) is 0 Å². The maximum absolute atomic E-state index is 5.73. The van der Waals surface area contributed by atoms with Crippen molar-refractivity contribution in [2.75, 3.05) is 7.11 Å². The highest BCUT2D eigenvalue weighted by molar-refractivity contribution is 5.53. The van der Waals surface area contributed by atoms with Gasteiger partial charge in [-0.15, -0.1) is 10.2 Å². The van der Waals surface area contributed by atoms with Crippen LogP contribution in [0.2, 0.25) is 0 Å². The van der Waals surface area contributed by atoms with Crippen LogP contribution in [0.15, 0.2) is 39.8 Å². The molecule has 112 valence electrons. The molecule has 0 N–H and O–H groups in total. The largest absolute Gasteiger partial charge is 0.497 e. The van der Waals surface area contributed by atoms with Crippen molar-refractivity contribution in [2.45, 2.75) is 40.0 Å². The number of ether oxygens (including phenoxy) is 1. The van der Waals surface area contributed by atoms with E-state index in [4.69, 9.17) is 9.15 Å². The van der Waals surface area contributed by atoms with Crippen molar-refractivity contribution in [1.82, 2.24) is 10.2 Å². The Morgan fingerprint density at radius 1 is 1.14 bits per heavy atom. The molecule has 1 aromatic carbocycles. The lowest BCUT2D eigenvalue weighted by Crippen LogP contribution is -1.91. The summed E-state index contributed by atoms with van der Waals surface area (Å²) in [5.74, 6) is 2.06. The van der Waals surface area contributed by atoms with E-state index in [1.54, 1.807) is 7.11 Å². The molecule has 0 amide bonds. The van der Waals surface area contributed by atoms with Gasteiger partial charge in [-0.1, -0.05) is 18.1 Å². The van der Waals surface area contributed by atoms with Gasteiger partial charge < -0.3 is 9.15 Å². The van der Waals surface area contributed by atoms with Gasteiger partial charge in [0.1, 0.15) is 5.75 Å². The number of allylic oxidation sites excluding steroid dienone is 2. The number of hydrogen-bond donors (Lipinski definition) is 0. The van der Waals surface area contributed by atoms with Gasteiger partial charge in [-0.3, -0.25) is 0 Å². The zero-order valence-corrected chi connectivity index (χ0v) is 13.1. The summed E-state index contributed by atoms with van der Waals surface area (Å²) in [4.78, 5) is 0. The Hall–Kier alpha value is -2.10. The highest BCUT2D eigenvalue weighted by Crippen LogP contribution is 2.22. The van der Waals surface area contributed by atoms with Gasteiger partial charge in [-0.05, 0) is 51.0 Å². The molecule has 2 aromatic rings. The van der Waals surface area contributed by atoms with Crippen LogP contribution in [-0.4, -0.2) is 17.3 Å². The van der Waals surface area contributed by atoms with Gasteiger partial charge in [-0.2, -0.15) is 0 Å². The summed E-state index contributed by atoms with van der Waals surface area (Å²) in [5, 5.41) is 8.25. The molecule has 0 saturated carbocycles. The molecule has 0 bridgehead atoms. The average molecular weight is 286 g/mol. The third-order valence-electron chi connectivity index (χ3n) is 3.58. The zero-order chi connectivity index (χ0) is 15.2. The maximum atomic E-state index is 5.73. The number of nitrogens with zero attached hydrogens (tertiary/aromatic N) is 2. The lowest BCUT2D eigenvalue weighted by atomic mass is 10.0. The minimum atomic E-state index is 0.558. The molecule has 0 aliphatic rings. The van der Waals surface area contributed by atoms with Crippen LogP contribution < -0.4 is 4.74 Å². The highest BCUT2D eigenvalue weighted by atomic mass is 16.5. The van der Waals surface area contributed by atoms with E-state index in [1.165, 1.54) is 11.1 Å². The molecule has 0 spiro atoms. The first-order chi connectivity index (χ1) is 10.1. The van der Waals surface area contributed by atoms with Crippen LogP contribution in [0.1, 0.15) is 39.5 Å². The molecule has 0 fully saturated rings. The Labute approximate surface area is 125 Å². The smallest absolute Gasteiger partial charge is 0.247 e. The van der Waals surface area contributed by atoms with E-state index in [1.807, 2.05) is 24.3 Å². The second kappa shape index (κ2) is 7.07. The fraction of sp³-hybridized carbons (Fsp3) is 0.412. The number of methoxy groups -OCH3 is 1. The minimum Gasteiger partial charge on any atom is -0.497 e. The van der Waals surface area contributed by atoms with Crippen LogP contribution in [0.5, 0.6) is 5.75 Å². The van der Waals surface area contributed by atoms with Crippen molar-refractivity contribution in [3.8, 4) is 17.2 Å². The van der Waals surface area contributed by atoms with Crippen molar-refractivity contribution in [3.63, 3.8) is 0 Å². The summed E-state index contributed by atoms with van der Waals surface area (Å²) >= 11 is 0. The number of aryl methyl sites for hydroxylation is 1. The third-order valence-corrected chi connectivity index (χ3v) is 3.58. The Morgan fingerprint density at radius 2 is 1.86 bits per heavy atom. The van der Waals surface area contributed by atoms with Crippen LogP contribution in [0.4, 0.5) is 0 Å². The van der Waals surface area contributed by atoms with E-state index in [9.17, 15) is 0 Å². The summed E-state index contributed by atoms with van der Waals surface area (Å²) < 4.78 is 10.9. The summed E-state index contributed by atoms with van der Waals surface area (Å²) in [7, 11) is 1.65. The Morgan fingerprint density at radius 3 is 2.43 bits per heavy atom. The van der Waals surface area contributed by atoms with Gasteiger partial charge in [0.05, 0.1) is 7.11 Å². The predicted octanol–water partition coefficient (Wildman–Crippen LogP) is 4.42. The number of hydrogen-bond acceptors (Lipinski definition) is 4. The maximum Gasteiger partial charge on any atom is 0.247 e. The van der Waals surface area contributed by atoms with E-state index >= 15 is 0 Å². The van der Waals surface area contributed by atoms with Crippen LogP contribution in [0.3, 0.4) is 0 Å². The van der Waals surface area contributed by atoms with Crippen LogP contribution in [0.25, 0.3) is 11.5 Å². The molecular formula is C17H22N2O2. The van der Waals surface area contributed by atoms with Crippen molar-refractivity contribution < 1.29 is 9.15 Å². The molecule has 0 aliphatic heterocycles. The topological polar surface area (TPSA) is 48.2 Å². The van der Waals surface area contributed by atoms with E-state index in [0.29, 0.717) is 11.8 Å². The SMILES string of the molecule is CCC(CCc1nnc(-c2ccc(OC)cc2)o1)=C(C)C. The van der Waals surface area contributed by atoms with Crippen molar-refractivity contribution in [1.29, 1.82) is 0 Å². The summed E-state index contributed by atoms with van der Waals surface area (Å²) in [6, 6.07) is 7.61.